The molecule has 1 aromatic carbocycles. The van der Waals surface area contributed by atoms with Crippen molar-refractivity contribution in [3.8, 4) is 11.3 Å². The number of imidazole rings is 1. The summed E-state index contributed by atoms with van der Waals surface area (Å²) in [6.07, 6.45) is 1.19. The number of halogens is 4. The van der Waals surface area contributed by atoms with E-state index in [4.69, 9.17) is 20.4 Å². The number of carbonyl (C=O) groups excluding carboxylic acids is 1. The molecule has 0 fully saturated rings. The zero-order chi connectivity index (χ0) is 30.7. The van der Waals surface area contributed by atoms with Crippen LogP contribution in [0, 0.1) is 0 Å². The van der Waals surface area contributed by atoms with Crippen LogP contribution in [0.4, 0.5) is 29.1 Å². The smallest absolute Gasteiger partial charge is 0.435 e. The minimum Gasteiger partial charge on any atom is -0.483 e. The Morgan fingerprint density at radius 1 is 1.24 bits per heavy atom. The van der Waals surface area contributed by atoms with E-state index >= 15 is 0 Å². The van der Waals surface area contributed by atoms with E-state index in [2.05, 4.69) is 25.7 Å². The lowest BCUT2D eigenvalue weighted by Gasteiger charge is -2.13. The first-order valence-electron chi connectivity index (χ1n) is 12.7. The van der Waals surface area contributed by atoms with Crippen molar-refractivity contribution < 1.29 is 37.0 Å². The molecular weight excluding hydrogens is 564 g/mol. The average Bonchev–Trinajstić information content (AvgIpc) is 3.58. The monoisotopic (exact) mass is 594 g/mol. The van der Waals surface area contributed by atoms with Crippen molar-refractivity contribution in [3.63, 3.8) is 0 Å². The summed E-state index contributed by atoms with van der Waals surface area (Å²) in [5, 5.41) is 16.4. The molecule has 0 aliphatic heterocycles. The highest BCUT2D eigenvalue weighted by atomic mass is 19.4. The number of rotatable bonds is 12. The van der Waals surface area contributed by atoms with E-state index in [9.17, 15) is 22.4 Å². The summed E-state index contributed by atoms with van der Waals surface area (Å²) in [7, 11) is 0. The highest BCUT2D eigenvalue weighted by Crippen LogP contribution is 2.37. The van der Waals surface area contributed by atoms with E-state index in [-0.39, 0.29) is 35.8 Å². The van der Waals surface area contributed by atoms with Gasteiger partial charge in [0.2, 0.25) is 0 Å². The predicted octanol–water partition coefficient (Wildman–Crippen LogP) is 3.29. The van der Waals surface area contributed by atoms with Gasteiger partial charge in [0.1, 0.15) is 6.67 Å². The molecule has 5 N–H and O–H groups in total. The number of carbonyl (C=O) groups is 2. The third kappa shape index (κ3) is 7.79. The molecule has 0 atom stereocenters. The molecule has 16 heteroatoms. The quantitative estimate of drug-likeness (QED) is 0.110. The van der Waals surface area contributed by atoms with Crippen molar-refractivity contribution in [2.75, 3.05) is 38.3 Å². The van der Waals surface area contributed by atoms with Crippen LogP contribution in [0.5, 0.6) is 0 Å². The summed E-state index contributed by atoms with van der Waals surface area (Å²) < 4.78 is 61.5. The van der Waals surface area contributed by atoms with Crippen LogP contribution in [0.2, 0.25) is 0 Å². The number of alkyl halides is 4. The molecule has 226 valence electrons. The maximum Gasteiger partial charge on any atom is 0.435 e. The fourth-order valence-corrected chi connectivity index (χ4v) is 4.07. The molecule has 0 saturated heterocycles. The molecular formula is C26H30F4N8O4. The lowest BCUT2D eigenvalue weighted by Crippen LogP contribution is -2.28. The van der Waals surface area contributed by atoms with Crippen molar-refractivity contribution in [2.45, 2.75) is 26.1 Å². The summed E-state index contributed by atoms with van der Waals surface area (Å²) in [6.45, 7) is 2.04. The van der Waals surface area contributed by atoms with Crippen LogP contribution in [0.3, 0.4) is 0 Å². The third-order valence-corrected chi connectivity index (χ3v) is 5.84. The van der Waals surface area contributed by atoms with Crippen molar-refractivity contribution in [1.29, 1.82) is 0 Å². The number of nitrogens with zero attached hydrogens (tertiary/aromatic N) is 5. The fraction of sp³-hybridized carbons (Fsp3) is 0.346. The Kier molecular flexibility index (Phi) is 11.3. The van der Waals surface area contributed by atoms with Crippen LogP contribution in [0.15, 0.2) is 43.0 Å². The Morgan fingerprint density at radius 2 is 2.00 bits per heavy atom. The maximum absolute atomic E-state index is 13.7. The second-order valence-corrected chi connectivity index (χ2v) is 8.57. The lowest BCUT2D eigenvalue weighted by atomic mass is 10.0. The first-order valence-corrected chi connectivity index (χ1v) is 12.7. The highest BCUT2D eigenvalue weighted by Gasteiger charge is 2.38. The Balaban J connectivity index is 0.00000155. The van der Waals surface area contributed by atoms with Crippen LogP contribution in [0.25, 0.3) is 16.9 Å². The molecule has 3 aromatic heterocycles. The topological polar surface area (TPSA) is 162 Å². The Morgan fingerprint density at radius 3 is 2.67 bits per heavy atom. The molecule has 4 rings (SSSR count). The minimum atomic E-state index is -4.74. The number of hydrogen-bond acceptors (Lipinski definition) is 8. The van der Waals surface area contributed by atoms with Crippen molar-refractivity contribution in [1.82, 2.24) is 29.5 Å². The van der Waals surface area contributed by atoms with Crippen LogP contribution < -0.4 is 16.4 Å². The van der Waals surface area contributed by atoms with Gasteiger partial charge in [0, 0.05) is 42.9 Å². The van der Waals surface area contributed by atoms with E-state index < -0.39 is 18.5 Å². The number of aromatic nitrogens is 5. The molecule has 0 radical (unpaired) electrons. The summed E-state index contributed by atoms with van der Waals surface area (Å²) >= 11 is 0. The van der Waals surface area contributed by atoms with Crippen LogP contribution >= 0.6 is 0 Å². The maximum atomic E-state index is 13.7. The van der Waals surface area contributed by atoms with Crippen LogP contribution in [-0.2, 0) is 28.7 Å². The standard InChI is InChI=1S/C25H28F4N8O2.CH2O2/c1-2-16-13-17(3-4-18(16)24(38)32-8-12-39-11-6-30)34-22-23-33-14-20(37(23)10-7-31-22)19-15-36(9-5-26)35-21(19)25(27,28)29;2-1-3/h3-4,7,10,13-15H,2,5-6,8-9,11-12,30H2,1H3,(H,31,34)(H,32,38);1H,(H,2,3). The van der Waals surface area contributed by atoms with Crippen LogP contribution in [0.1, 0.15) is 28.5 Å². The molecule has 42 heavy (non-hydrogen) atoms. The number of ether oxygens (including phenoxy) is 1. The molecule has 0 spiro atoms. The van der Waals surface area contributed by atoms with Gasteiger partial charge in [0.25, 0.3) is 12.4 Å². The first kappa shape index (κ1) is 32.0. The van der Waals surface area contributed by atoms with E-state index in [0.717, 1.165) is 16.4 Å². The molecule has 12 nitrogen and oxygen atoms in total. The van der Waals surface area contributed by atoms with Crippen molar-refractivity contribution in [2.24, 2.45) is 5.73 Å². The van der Waals surface area contributed by atoms with E-state index in [1.165, 1.54) is 23.0 Å². The van der Waals surface area contributed by atoms with Gasteiger partial charge >= 0.3 is 6.18 Å². The summed E-state index contributed by atoms with van der Waals surface area (Å²) in [4.78, 5) is 29.6. The third-order valence-electron chi connectivity index (χ3n) is 5.84. The molecule has 0 aliphatic carbocycles. The summed E-state index contributed by atoms with van der Waals surface area (Å²) in [5.41, 5.74) is 6.34. The second-order valence-electron chi connectivity index (χ2n) is 8.57. The average molecular weight is 595 g/mol. The summed E-state index contributed by atoms with van der Waals surface area (Å²) in [6, 6.07) is 5.19. The van der Waals surface area contributed by atoms with Gasteiger partial charge in [-0.05, 0) is 30.2 Å². The van der Waals surface area contributed by atoms with Gasteiger partial charge in [-0.15, -0.1) is 0 Å². The fourth-order valence-electron chi connectivity index (χ4n) is 4.07. The highest BCUT2D eigenvalue weighted by molar-refractivity contribution is 5.96. The van der Waals surface area contributed by atoms with Gasteiger partial charge in [-0.2, -0.15) is 18.3 Å². The van der Waals surface area contributed by atoms with Gasteiger partial charge in [-0.3, -0.25) is 18.7 Å². The second kappa shape index (κ2) is 14.9. The number of carboxylic acid groups (broad SMARTS) is 1. The van der Waals surface area contributed by atoms with Gasteiger partial charge in [0.15, 0.2) is 17.2 Å². The summed E-state index contributed by atoms with van der Waals surface area (Å²) in [5.74, 6) is 0.0615. The van der Waals surface area contributed by atoms with Crippen molar-refractivity contribution >= 4 is 29.5 Å². The van der Waals surface area contributed by atoms with Gasteiger partial charge in [-0.25, -0.2) is 14.4 Å². The van der Waals surface area contributed by atoms with Crippen molar-refractivity contribution in [3.05, 3.63) is 59.8 Å². The number of fused-ring (bicyclic) bond motifs is 1. The molecule has 0 saturated carbocycles. The van der Waals surface area contributed by atoms with Gasteiger partial charge < -0.3 is 26.2 Å². The molecule has 3 heterocycles. The number of benzene rings is 1. The Bertz CT molecular complexity index is 1490. The zero-order valence-electron chi connectivity index (χ0n) is 22.6. The normalized spacial score (nSPS) is 11.2. The lowest BCUT2D eigenvalue weighted by molar-refractivity contribution is -0.141. The van der Waals surface area contributed by atoms with E-state index in [1.54, 1.807) is 18.2 Å². The van der Waals surface area contributed by atoms with E-state index in [0.29, 0.717) is 49.8 Å². The number of hydrogen-bond donors (Lipinski definition) is 4. The number of aryl methyl sites for hydroxylation is 2. The zero-order valence-corrected chi connectivity index (χ0v) is 22.6. The number of nitrogens with one attached hydrogen (secondary N) is 2. The Hall–Kier alpha value is -4.57. The number of amides is 1. The first-order chi connectivity index (χ1) is 20.2. The SMILES string of the molecule is CCc1cc(Nc2nccn3c(-c4cn(CCF)nc4C(F)(F)F)cnc23)ccc1C(=O)NCCOCCN.O=CO. The van der Waals surface area contributed by atoms with Gasteiger partial charge in [0.05, 0.1) is 37.2 Å². The Labute approximate surface area is 237 Å². The molecule has 1 amide bonds. The predicted molar refractivity (Wildman–Crippen MR) is 145 cm³/mol. The largest absolute Gasteiger partial charge is 0.483 e. The molecule has 0 aliphatic rings. The van der Waals surface area contributed by atoms with Gasteiger partial charge in [-0.1, -0.05) is 6.92 Å². The van der Waals surface area contributed by atoms with E-state index in [1.807, 2.05) is 6.92 Å². The number of anilines is 2. The van der Waals surface area contributed by atoms with Crippen LogP contribution in [-0.4, -0.2) is 74.6 Å². The molecule has 0 unspecified atom stereocenters. The molecule has 4 aromatic rings. The number of nitrogens with two attached hydrogens (primary N) is 1. The minimum absolute atomic E-state index is 0.129. The molecule has 0 bridgehead atoms.